The minimum Gasteiger partial charge on any atom is -0.488 e. The Morgan fingerprint density at radius 3 is 2.60 bits per heavy atom. The monoisotopic (exact) mass is 343 g/mol. The zero-order chi connectivity index (χ0) is 17.1. The summed E-state index contributed by atoms with van der Waals surface area (Å²) in [4.78, 5) is 11.3. The van der Waals surface area contributed by atoms with Crippen LogP contribution in [0, 0.1) is 5.92 Å². The Morgan fingerprint density at radius 1 is 1.08 bits per heavy atom. The number of hydrogen-bond donors (Lipinski definition) is 1. The van der Waals surface area contributed by atoms with Crippen molar-refractivity contribution >= 4 is 16.7 Å². The molecule has 1 N–H and O–H groups in total. The summed E-state index contributed by atoms with van der Waals surface area (Å²) >= 11 is 0. The van der Waals surface area contributed by atoms with Gasteiger partial charge in [0.1, 0.15) is 11.3 Å². The molecule has 0 radical (unpaired) electrons. The van der Waals surface area contributed by atoms with Crippen LogP contribution in [-0.2, 0) is 4.74 Å². The zero-order valence-corrected chi connectivity index (χ0v) is 14.4. The molecule has 4 rings (SSSR count). The minimum atomic E-state index is 0.188. The molecule has 1 saturated carbocycles. The van der Waals surface area contributed by atoms with Crippen LogP contribution in [0.15, 0.2) is 24.5 Å². The van der Waals surface area contributed by atoms with Crippen molar-refractivity contribution in [3.63, 3.8) is 0 Å². The molecule has 0 amide bonds. The summed E-state index contributed by atoms with van der Waals surface area (Å²) in [6.07, 6.45) is 7.63. The number of hydrogen-bond acceptors (Lipinski definition) is 6. The predicted molar refractivity (Wildman–Crippen MR) is 96.0 cm³/mol. The highest BCUT2D eigenvalue weighted by Gasteiger charge is 2.23. The number of fused-ring (bicyclic) bond motifs is 1. The Balaban J connectivity index is 1.60. The smallest absolute Gasteiger partial charge is 0.149 e. The summed E-state index contributed by atoms with van der Waals surface area (Å²) in [5.74, 6) is 1.25. The highest BCUT2D eigenvalue weighted by atomic mass is 16.5. The average molecular weight is 343 g/mol. The Labute approximate surface area is 147 Å². The van der Waals surface area contributed by atoms with Crippen LogP contribution in [0.3, 0.4) is 0 Å². The SMILES string of the molecule is OC[C@H]1CC[C@@H](Oc2cc(N3CCOCC3)cc3nccnc23)CC1. The van der Waals surface area contributed by atoms with E-state index in [0.717, 1.165) is 74.5 Å². The van der Waals surface area contributed by atoms with Crippen LogP contribution in [0.25, 0.3) is 11.0 Å². The molecule has 1 aliphatic heterocycles. The summed E-state index contributed by atoms with van der Waals surface area (Å²) in [6, 6.07) is 4.18. The molecule has 1 aromatic heterocycles. The second kappa shape index (κ2) is 7.54. The summed E-state index contributed by atoms with van der Waals surface area (Å²) in [7, 11) is 0. The van der Waals surface area contributed by atoms with Gasteiger partial charge in [0.15, 0.2) is 0 Å². The van der Waals surface area contributed by atoms with Crippen molar-refractivity contribution < 1.29 is 14.6 Å². The summed E-state index contributed by atoms with van der Waals surface area (Å²) in [5, 5.41) is 9.31. The van der Waals surface area contributed by atoms with Gasteiger partial charge < -0.3 is 19.5 Å². The van der Waals surface area contributed by atoms with E-state index in [1.807, 2.05) is 0 Å². The lowest BCUT2D eigenvalue weighted by Crippen LogP contribution is -2.36. The lowest BCUT2D eigenvalue weighted by molar-refractivity contribution is 0.105. The molecule has 134 valence electrons. The number of morpholine rings is 1. The Kier molecular flexibility index (Phi) is 4.99. The van der Waals surface area contributed by atoms with Gasteiger partial charge in [-0.25, -0.2) is 4.98 Å². The molecule has 2 aliphatic rings. The van der Waals surface area contributed by atoms with E-state index in [-0.39, 0.29) is 12.7 Å². The highest BCUT2D eigenvalue weighted by Crippen LogP contribution is 2.33. The lowest BCUT2D eigenvalue weighted by Gasteiger charge is -2.31. The number of benzene rings is 1. The first-order valence-electron chi connectivity index (χ1n) is 9.18. The second-order valence-corrected chi connectivity index (χ2v) is 6.91. The fourth-order valence-electron chi connectivity index (χ4n) is 3.73. The Hall–Kier alpha value is -1.92. The summed E-state index contributed by atoms with van der Waals surface area (Å²) in [6.45, 7) is 3.55. The number of anilines is 1. The van der Waals surface area contributed by atoms with Crippen molar-refractivity contribution in [1.29, 1.82) is 0 Å². The van der Waals surface area contributed by atoms with E-state index in [2.05, 4.69) is 27.0 Å². The number of rotatable bonds is 4. The van der Waals surface area contributed by atoms with E-state index >= 15 is 0 Å². The van der Waals surface area contributed by atoms with Gasteiger partial charge in [-0.2, -0.15) is 0 Å². The van der Waals surface area contributed by atoms with Crippen LogP contribution < -0.4 is 9.64 Å². The number of aromatic nitrogens is 2. The standard InChI is InChI=1S/C19H25N3O3/c23-13-14-1-3-16(4-2-14)25-18-12-15(22-7-9-24-10-8-22)11-17-19(18)21-6-5-20-17/h5-6,11-12,14,16,23H,1-4,7-10,13H2/t14-,16+. The molecular weight excluding hydrogens is 318 g/mol. The van der Waals surface area contributed by atoms with Crippen LogP contribution in [0.2, 0.25) is 0 Å². The first kappa shape index (κ1) is 16.5. The van der Waals surface area contributed by atoms with Crippen LogP contribution in [0.4, 0.5) is 5.69 Å². The molecule has 0 spiro atoms. The molecule has 1 aliphatic carbocycles. The van der Waals surface area contributed by atoms with Crippen molar-refractivity contribution in [2.45, 2.75) is 31.8 Å². The van der Waals surface area contributed by atoms with Gasteiger partial charge >= 0.3 is 0 Å². The molecule has 2 heterocycles. The lowest BCUT2D eigenvalue weighted by atomic mass is 9.88. The number of aliphatic hydroxyl groups is 1. The van der Waals surface area contributed by atoms with Gasteiger partial charge in [0, 0.05) is 43.8 Å². The van der Waals surface area contributed by atoms with Crippen molar-refractivity contribution in [3.05, 3.63) is 24.5 Å². The van der Waals surface area contributed by atoms with Crippen LogP contribution >= 0.6 is 0 Å². The van der Waals surface area contributed by atoms with E-state index in [0.29, 0.717) is 5.92 Å². The normalized spacial score (nSPS) is 24.4. The summed E-state index contributed by atoms with van der Waals surface area (Å²) in [5.41, 5.74) is 2.81. The highest BCUT2D eigenvalue weighted by molar-refractivity contribution is 5.85. The van der Waals surface area contributed by atoms with Crippen LogP contribution in [0.1, 0.15) is 25.7 Å². The minimum absolute atomic E-state index is 0.188. The molecule has 6 heteroatoms. The van der Waals surface area contributed by atoms with E-state index in [4.69, 9.17) is 9.47 Å². The molecule has 0 atom stereocenters. The molecule has 25 heavy (non-hydrogen) atoms. The fourth-order valence-corrected chi connectivity index (χ4v) is 3.73. The van der Waals surface area contributed by atoms with Crippen molar-refractivity contribution in [3.8, 4) is 5.75 Å². The van der Waals surface area contributed by atoms with Gasteiger partial charge in [0.25, 0.3) is 0 Å². The van der Waals surface area contributed by atoms with Gasteiger partial charge in [-0.1, -0.05) is 0 Å². The number of ether oxygens (including phenoxy) is 2. The summed E-state index contributed by atoms with van der Waals surface area (Å²) < 4.78 is 11.8. The third-order valence-electron chi connectivity index (χ3n) is 5.25. The predicted octanol–water partition coefficient (Wildman–Crippen LogP) is 2.40. The molecule has 2 fully saturated rings. The van der Waals surface area contributed by atoms with Crippen molar-refractivity contribution in [2.24, 2.45) is 5.92 Å². The largest absolute Gasteiger partial charge is 0.488 e. The van der Waals surface area contributed by atoms with Crippen molar-refractivity contribution in [2.75, 3.05) is 37.8 Å². The molecule has 1 saturated heterocycles. The van der Waals surface area contributed by atoms with E-state index in [1.165, 1.54) is 0 Å². The molecule has 0 bridgehead atoms. The fraction of sp³-hybridized carbons (Fsp3) is 0.579. The van der Waals surface area contributed by atoms with E-state index < -0.39 is 0 Å². The maximum Gasteiger partial charge on any atom is 0.149 e. The maximum absolute atomic E-state index is 9.31. The topological polar surface area (TPSA) is 67.7 Å². The van der Waals surface area contributed by atoms with Crippen LogP contribution in [-0.4, -0.2) is 54.1 Å². The first-order valence-corrected chi connectivity index (χ1v) is 9.18. The first-order chi connectivity index (χ1) is 12.3. The van der Waals surface area contributed by atoms with Crippen LogP contribution in [0.5, 0.6) is 5.75 Å². The second-order valence-electron chi connectivity index (χ2n) is 6.91. The molecular formula is C19H25N3O3. The maximum atomic E-state index is 9.31. The third-order valence-corrected chi connectivity index (χ3v) is 5.25. The zero-order valence-electron chi connectivity index (χ0n) is 14.4. The van der Waals surface area contributed by atoms with E-state index in [1.54, 1.807) is 12.4 Å². The van der Waals surface area contributed by atoms with Gasteiger partial charge in [0.2, 0.25) is 0 Å². The van der Waals surface area contributed by atoms with Gasteiger partial charge in [0.05, 0.1) is 24.8 Å². The van der Waals surface area contributed by atoms with E-state index in [9.17, 15) is 5.11 Å². The molecule has 6 nitrogen and oxygen atoms in total. The van der Waals surface area contributed by atoms with Crippen molar-refractivity contribution in [1.82, 2.24) is 9.97 Å². The molecule has 2 aromatic rings. The Morgan fingerprint density at radius 2 is 1.84 bits per heavy atom. The van der Waals surface area contributed by atoms with Gasteiger partial charge in [-0.3, -0.25) is 4.98 Å². The quantitative estimate of drug-likeness (QED) is 0.919. The van der Waals surface area contributed by atoms with Gasteiger partial charge in [-0.05, 0) is 37.7 Å². The number of nitrogens with zero attached hydrogens (tertiary/aromatic N) is 3. The molecule has 0 unspecified atom stereocenters. The Bertz CT molecular complexity index is 710. The number of aliphatic hydroxyl groups excluding tert-OH is 1. The van der Waals surface area contributed by atoms with Gasteiger partial charge in [-0.15, -0.1) is 0 Å². The third kappa shape index (κ3) is 3.70. The molecule has 1 aromatic carbocycles. The average Bonchev–Trinajstić information content (AvgIpc) is 2.69.